The maximum atomic E-state index is 9.12. The fraction of sp³-hybridized carbons (Fsp3) is 0.600. The Morgan fingerprint density at radius 1 is 1.30 bits per heavy atom. The van der Waals surface area contributed by atoms with Gasteiger partial charge in [-0.3, -0.25) is 4.90 Å². The predicted molar refractivity (Wildman–Crippen MR) is 83.3 cm³/mol. The summed E-state index contributed by atoms with van der Waals surface area (Å²) in [5.74, 6) is 0.660. The first-order chi connectivity index (χ1) is 9.21. The molecule has 0 aliphatic heterocycles. The third kappa shape index (κ3) is 5.15. The van der Waals surface area contributed by atoms with Gasteiger partial charge in [0.25, 0.3) is 0 Å². The third-order valence-electron chi connectivity index (χ3n) is 3.78. The van der Waals surface area contributed by atoms with Crippen molar-refractivity contribution in [3.8, 4) is 5.75 Å². The largest absolute Gasteiger partial charge is 0.492 e. The number of hydrogen-bond acceptors (Lipinski definition) is 4. The maximum absolute atomic E-state index is 9.12. The van der Waals surface area contributed by atoms with Crippen LogP contribution in [-0.2, 0) is 0 Å². The van der Waals surface area contributed by atoms with E-state index in [1.807, 2.05) is 6.07 Å². The molecule has 0 aliphatic rings. The lowest BCUT2D eigenvalue weighted by atomic mass is 9.80. The molecule has 0 radical (unpaired) electrons. The van der Waals surface area contributed by atoms with Crippen molar-refractivity contribution < 1.29 is 14.8 Å². The zero-order valence-electron chi connectivity index (χ0n) is 13.1. The molecule has 1 rings (SSSR count). The Balaban J connectivity index is 2.46. The van der Waals surface area contributed by atoms with Crippen LogP contribution in [0.15, 0.2) is 24.3 Å². The van der Waals surface area contributed by atoms with Crippen LogP contribution in [0.2, 0.25) is 0 Å². The summed E-state index contributed by atoms with van der Waals surface area (Å²) in [6, 6.07) is 7.34. The number of ether oxygens (including phenoxy) is 1. The number of hydrogen-bond donors (Lipinski definition) is 2. The minimum Gasteiger partial charge on any atom is -0.492 e. The van der Waals surface area contributed by atoms with Crippen molar-refractivity contribution in [1.82, 2.24) is 4.90 Å². The highest BCUT2D eigenvalue weighted by atomic mass is 16.5. The maximum Gasteiger partial charge on any atom is 0.488 e. The van der Waals surface area contributed by atoms with Gasteiger partial charge in [-0.2, -0.15) is 0 Å². The van der Waals surface area contributed by atoms with Crippen LogP contribution < -0.4 is 10.2 Å². The monoisotopic (exact) mass is 279 g/mol. The standard InChI is InChI=1S/C15H26BNO3/c1-12(15(2,3)4)17(5)9-10-20-14-8-6-7-13(11-14)16(18)19/h6-8,11-12,18-19H,9-10H2,1-5H3. The molecule has 0 fully saturated rings. The van der Waals surface area contributed by atoms with Crippen molar-refractivity contribution in [2.24, 2.45) is 5.41 Å². The van der Waals surface area contributed by atoms with Crippen molar-refractivity contribution in [2.45, 2.75) is 33.7 Å². The molecule has 1 aromatic carbocycles. The second-order valence-corrected chi connectivity index (χ2v) is 6.32. The van der Waals surface area contributed by atoms with Gasteiger partial charge in [0.05, 0.1) is 0 Å². The highest BCUT2D eigenvalue weighted by Gasteiger charge is 2.23. The molecule has 2 N–H and O–H groups in total. The molecule has 0 aromatic heterocycles. The molecule has 0 amide bonds. The smallest absolute Gasteiger partial charge is 0.488 e. The number of nitrogens with zero attached hydrogens (tertiary/aromatic N) is 1. The van der Waals surface area contributed by atoms with Crippen LogP contribution in [0, 0.1) is 5.41 Å². The minimum atomic E-state index is -1.46. The average molecular weight is 279 g/mol. The van der Waals surface area contributed by atoms with E-state index in [9.17, 15) is 0 Å². The molecule has 0 spiro atoms. The summed E-state index contributed by atoms with van der Waals surface area (Å²) in [4.78, 5) is 2.27. The van der Waals surface area contributed by atoms with Crippen LogP contribution in [0.3, 0.4) is 0 Å². The van der Waals surface area contributed by atoms with E-state index in [4.69, 9.17) is 14.8 Å². The van der Waals surface area contributed by atoms with Crippen molar-refractivity contribution in [1.29, 1.82) is 0 Å². The van der Waals surface area contributed by atoms with Gasteiger partial charge >= 0.3 is 7.12 Å². The van der Waals surface area contributed by atoms with Gasteiger partial charge in [0.1, 0.15) is 12.4 Å². The third-order valence-corrected chi connectivity index (χ3v) is 3.78. The number of rotatable bonds is 6. The lowest BCUT2D eigenvalue weighted by molar-refractivity contribution is 0.121. The predicted octanol–water partition coefficient (Wildman–Crippen LogP) is 1.11. The molecule has 0 saturated carbocycles. The fourth-order valence-electron chi connectivity index (χ4n) is 1.93. The fourth-order valence-corrected chi connectivity index (χ4v) is 1.93. The molecule has 0 saturated heterocycles. The molecular weight excluding hydrogens is 253 g/mol. The summed E-state index contributed by atoms with van der Waals surface area (Å²) < 4.78 is 5.67. The first-order valence-corrected chi connectivity index (χ1v) is 7.01. The highest BCUT2D eigenvalue weighted by Crippen LogP contribution is 2.22. The number of likely N-dealkylation sites (N-methyl/N-ethyl adjacent to an activating group) is 1. The molecule has 4 nitrogen and oxygen atoms in total. The topological polar surface area (TPSA) is 52.9 Å². The van der Waals surface area contributed by atoms with Crippen molar-refractivity contribution in [2.75, 3.05) is 20.2 Å². The van der Waals surface area contributed by atoms with E-state index in [1.165, 1.54) is 0 Å². The van der Waals surface area contributed by atoms with Crippen LogP contribution >= 0.6 is 0 Å². The first kappa shape index (κ1) is 17.0. The van der Waals surface area contributed by atoms with Crippen molar-refractivity contribution in [3.63, 3.8) is 0 Å². The van der Waals surface area contributed by atoms with Gasteiger partial charge in [-0.05, 0) is 37.0 Å². The van der Waals surface area contributed by atoms with Crippen LogP contribution in [0.25, 0.3) is 0 Å². The summed E-state index contributed by atoms with van der Waals surface area (Å²) in [5.41, 5.74) is 0.675. The van der Waals surface area contributed by atoms with E-state index in [1.54, 1.807) is 18.2 Å². The van der Waals surface area contributed by atoms with Gasteiger partial charge < -0.3 is 14.8 Å². The van der Waals surface area contributed by atoms with E-state index < -0.39 is 7.12 Å². The Bertz CT molecular complexity index is 418. The Morgan fingerprint density at radius 3 is 2.50 bits per heavy atom. The Labute approximate surface area is 122 Å². The molecule has 112 valence electrons. The van der Waals surface area contributed by atoms with Crippen molar-refractivity contribution in [3.05, 3.63) is 24.3 Å². The van der Waals surface area contributed by atoms with E-state index in [-0.39, 0.29) is 5.41 Å². The Morgan fingerprint density at radius 2 is 1.95 bits per heavy atom. The SMILES string of the molecule is CC(N(C)CCOc1cccc(B(O)O)c1)C(C)(C)C. The van der Waals surface area contributed by atoms with E-state index >= 15 is 0 Å². The molecule has 5 heteroatoms. The molecule has 0 aliphatic carbocycles. The zero-order chi connectivity index (χ0) is 15.3. The molecule has 0 heterocycles. The average Bonchev–Trinajstić information content (AvgIpc) is 2.37. The van der Waals surface area contributed by atoms with E-state index in [2.05, 4.69) is 39.6 Å². The van der Waals surface area contributed by atoms with Crippen LogP contribution in [0.5, 0.6) is 5.75 Å². The van der Waals surface area contributed by atoms with Crippen molar-refractivity contribution >= 4 is 12.6 Å². The Kier molecular flexibility index (Phi) is 6.05. The molecule has 20 heavy (non-hydrogen) atoms. The summed E-state index contributed by atoms with van der Waals surface area (Å²) in [5, 5.41) is 18.2. The van der Waals surface area contributed by atoms with Gasteiger partial charge in [-0.15, -0.1) is 0 Å². The molecule has 1 aromatic rings. The van der Waals surface area contributed by atoms with Gasteiger partial charge in [0.2, 0.25) is 0 Å². The summed E-state index contributed by atoms with van der Waals surface area (Å²) in [6.07, 6.45) is 0. The number of benzene rings is 1. The van der Waals surface area contributed by atoms with E-state index in [0.29, 0.717) is 23.9 Å². The van der Waals surface area contributed by atoms with Gasteiger partial charge in [0, 0.05) is 12.6 Å². The van der Waals surface area contributed by atoms with E-state index in [0.717, 1.165) is 6.54 Å². The summed E-state index contributed by atoms with van der Waals surface area (Å²) in [6.45, 7) is 10.3. The molecule has 0 bridgehead atoms. The quantitative estimate of drug-likeness (QED) is 0.766. The Hall–Kier alpha value is -1.04. The van der Waals surface area contributed by atoms with Gasteiger partial charge in [0.15, 0.2) is 0 Å². The van der Waals surface area contributed by atoms with Crippen LogP contribution in [-0.4, -0.2) is 48.3 Å². The first-order valence-electron chi connectivity index (χ1n) is 7.01. The second-order valence-electron chi connectivity index (χ2n) is 6.32. The van der Waals surface area contributed by atoms with Gasteiger partial charge in [-0.1, -0.05) is 32.9 Å². The van der Waals surface area contributed by atoms with Gasteiger partial charge in [-0.25, -0.2) is 0 Å². The normalized spacial score (nSPS) is 13.4. The second kappa shape index (κ2) is 7.11. The minimum absolute atomic E-state index is 0.232. The molecular formula is C15H26BNO3. The summed E-state index contributed by atoms with van der Waals surface area (Å²) >= 11 is 0. The summed E-state index contributed by atoms with van der Waals surface area (Å²) in [7, 11) is 0.634. The molecule has 1 unspecified atom stereocenters. The lowest BCUT2D eigenvalue weighted by Gasteiger charge is -2.35. The van der Waals surface area contributed by atoms with Crippen LogP contribution in [0.4, 0.5) is 0 Å². The van der Waals surface area contributed by atoms with Crippen LogP contribution in [0.1, 0.15) is 27.7 Å². The highest BCUT2D eigenvalue weighted by molar-refractivity contribution is 6.58. The zero-order valence-corrected chi connectivity index (χ0v) is 13.1. The lowest BCUT2D eigenvalue weighted by Crippen LogP contribution is -2.41. The molecule has 1 atom stereocenters.